The van der Waals surface area contributed by atoms with Gasteiger partial charge in [0.15, 0.2) is 11.7 Å². The third kappa shape index (κ3) is 2.33. The van der Waals surface area contributed by atoms with Crippen molar-refractivity contribution >= 4 is 10.9 Å². The maximum Gasteiger partial charge on any atom is 0.189 e. The molecule has 4 N–H and O–H groups in total. The van der Waals surface area contributed by atoms with E-state index in [0.717, 1.165) is 0 Å². The van der Waals surface area contributed by atoms with Gasteiger partial charge in [0.2, 0.25) is 0 Å². The highest BCUT2D eigenvalue weighted by atomic mass is 16.6. The van der Waals surface area contributed by atoms with E-state index in [0.29, 0.717) is 10.9 Å². The second kappa shape index (κ2) is 5.79. The zero-order valence-corrected chi connectivity index (χ0v) is 11.6. The van der Waals surface area contributed by atoms with Crippen molar-refractivity contribution in [3.05, 3.63) is 46.8 Å². The van der Waals surface area contributed by atoms with Gasteiger partial charge in [-0.1, -0.05) is 12.1 Å². The van der Waals surface area contributed by atoms with E-state index in [4.69, 9.17) is 4.74 Å². The minimum Gasteiger partial charge on any atom is -0.394 e. The quantitative estimate of drug-likeness (QED) is 0.565. The molecule has 3 rings (SSSR count). The predicted molar refractivity (Wildman–Crippen MR) is 77.2 cm³/mol. The number of fused-ring (bicyclic) bond motifs is 1. The maximum absolute atomic E-state index is 11.9. The molecule has 2 heterocycles. The van der Waals surface area contributed by atoms with Crippen LogP contribution in [0.25, 0.3) is 10.9 Å². The smallest absolute Gasteiger partial charge is 0.189 e. The summed E-state index contributed by atoms with van der Waals surface area (Å²) in [5.74, 6) is 0. The molecular weight excluding hydrogens is 290 g/mol. The summed E-state index contributed by atoms with van der Waals surface area (Å²) in [6, 6.07) is 8.14. The fourth-order valence-electron chi connectivity index (χ4n) is 2.76. The molecule has 1 saturated heterocycles. The first kappa shape index (κ1) is 15.1. The van der Waals surface area contributed by atoms with Gasteiger partial charge in [-0.25, -0.2) is 0 Å². The van der Waals surface area contributed by atoms with E-state index in [1.165, 1.54) is 16.8 Å². The first-order valence-electron chi connectivity index (χ1n) is 6.95. The van der Waals surface area contributed by atoms with Crippen LogP contribution in [0.3, 0.4) is 0 Å². The minimum absolute atomic E-state index is 0.170. The summed E-state index contributed by atoms with van der Waals surface area (Å²) in [6.07, 6.45) is -4.85. The summed E-state index contributed by atoms with van der Waals surface area (Å²) >= 11 is 0. The van der Waals surface area contributed by atoms with Crippen LogP contribution < -0.4 is 5.43 Å². The number of nitrogens with zero attached hydrogens (tertiary/aromatic N) is 1. The summed E-state index contributed by atoms with van der Waals surface area (Å²) in [5.41, 5.74) is 0.357. The van der Waals surface area contributed by atoms with Crippen LogP contribution in [-0.2, 0) is 4.74 Å². The molecule has 1 aromatic heterocycles. The van der Waals surface area contributed by atoms with Crippen LogP contribution in [0.5, 0.6) is 0 Å². The number of aromatic nitrogens is 1. The second-order valence-corrected chi connectivity index (χ2v) is 5.32. The van der Waals surface area contributed by atoms with Crippen molar-refractivity contribution in [3.63, 3.8) is 0 Å². The van der Waals surface area contributed by atoms with Crippen LogP contribution in [0.1, 0.15) is 6.23 Å². The summed E-state index contributed by atoms with van der Waals surface area (Å²) in [6.45, 7) is -0.500. The molecule has 0 radical (unpaired) electrons. The van der Waals surface area contributed by atoms with Gasteiger partial charge < -0.3 is 29.7 Å². The lowest BCUT2D eigenvalue weighted by Gasteiger charge is -2.41. The Morgan fingerprint density at radius 1 is 1.05 bits per heavy atom. The third-order valence-corrected chi connectivity index (χ3v) is 3.98. The van der Waals surface area contributed by atoms with Crippen LogP contribution in [0, 0.1) is 0 Å². The average Bonchev–Trinajstić information content (AvgIpc) is 2.54. The first-order chi connectivity index (χ1) is 10.5. The summed E-state index contributed by atoms with van der Waals surface area (Å²) in [7, 11) is 0. The highest BCUT2D eigenvalue weighted by Crippen LogP contribution is 2.30. The molecule has 118 valence electrons. The number of ether oxygens (including phenoxy) is 1. The van der Waals surface area contributed by atoms with Crippen molar-refractivity contribution in [2.75, 3.05) is 6.61 Å². The van der Waals surface area contributed by atoms with Crippen LogP contribution in [0.4, 0.5) is 0 Å². The fourth-order valence-corrected chi connectivity index (χ4v) is 2.76. The van der Waals surface area contributed by atoms with Crippen LogP contribution in [-0.4, -0.2) is 56.0 Å². The van der Waals surface area contributed by atoms with E-state index in [1.807, 2.05) is 0 Å². The van der Waals surface area contributed by atoms with Crippen LogP contribution in [0.15, 0.2) is 41.3 Å². The molecule has 7 heteroatoms. The maximum atomic E-state index is 11.9. The van der Waals surface area contributed by atoms with E-state index in [1.54, 1.807) is 24.3 Å². The zero-order valence-electron chi connectivity index (χ0n) is 11.6. The van der Waals surface area contributed by atoms with E-state index in [9.17, 15) is 25.2 Å². The molecule has 1 fully saturated rings. The molecule has 5 atom stereocenters. The summed E-state index contributed by atoms with van der Waals surface area (Å²) in [4.78, 5) is 11.9. The van der Waals surface area contributed by atoms with Gasteiger partial charge in [-0.05, 0) is 12.1 Å². The molecule has 7 nitrogen and oxygen atoms in total. The summed E-state index contributed by atoms with van der Waals surface area (Å²) < 4.78 is 7.03. The monoisotopic (exact) mass is 307 g/mol. The van der Waals surface area contributed by atoms with E-state index in [-0.39, 0.29) is 5.43 Å². The Bertz CT molecular complexity index is 727. The van der Waals surface area contributed by atoms with Gasteiger partial charge in [0.25, 0.3) is 0 Å². The molecule has 2 aromatic rings. The van der Waals surface area contributed by atoms with Crippen LogP contribution in [0.2, 0.25) is 0 Å². The van der Waals surface area contributed by atoms with Crippen molar-refractivity contribution in [2.45, 2.75) is 30.6 Å². The number of aliphatic hydroxyl groups is 4. The Kier molecular flexibility index (Phi) is 3.98. The molecule has 22 heavy (non-hydrogen) atoms. The lowest BCUT2D eigenvalue weighted by atomic mass is 9.98. The largest absolute Gasteiger partial charge is 0.394 e. The SMILES string of the molecule is O=c1ccn(C2OC(CO)C(O)C(O)C2O)c2ccccc12. The van der Waals surface area contributed by atoms with Gasteiger partial charge in [-0.15, -0.1) is 0 Å². The number of pyridine rings is 1. The molecule has 0 bridgehead atoms. The Balaban J connectivity index is 2.10. The highest BCUT2D eigenvalue weighted by Gasteiger charge is 2.44. The van der Waals surface area contributed by atoms with E-state index < -0.39 is 37.3 Å². The van der Waals surface area contributed by atoms with Crippen molar-refractivity contribution in [1.29, 1.82) is 0 Å². The van der Waals surface area contributed by atoms with Crippen molar-refractivity contribution < 1.29 is 25.2 Å². The summed E-state index contributed by atoms with van der Waals surface area (Å²) in [5, 5.41) is 39.6. The standard InChI is InChI=1S/C15H17NO6/c17-7-11-12(19)13(20)14(21)15(22-11)16-6-5-10(18)8-3-1-2-4-9(8)16/h1-6,11-15,17,19-21H,7H2. The molecule has 0 saturated carbocycles. The second-order valence-electron chi connectivity index (χ2n) is 5.32. The van der Waals surface area contributed by atoms with E-state index >= 15 is 0 Å². The Morgan fingerprint density at radius 3 is 2.50 bits per heavy atom. The minimum atomic E-state index is -1.46. The van der Waals surface area contributed by atoms with Crippen molar-refractivity contribution in [3.8, 4) is 0 Å². The molecule has 5 unspecified atom stereocenters. The Labute approximate surface area is 125 Å². The van der Waals surface area contributed by atoms with Gasteiger partial charge in [-0.3, -0.25) is 4.79 Å². The lowest BCUT2D eigenvalue weighted by molar-refractivity contribution is -0.250. The van der Waals surface area contributed by atoms with Crippen molar-refractivity contribution in [2.24, 2.45) is 0 Å². The molecule has 1 aliphatic heterocycles. The van der Waals surface area contributed by atoms with Gasteiger partial charge in [0.1, 0.15) is 24.4 Å². The van der Waals surface area contributed by atoms with Crippen LogP contribution >= 0.6 is 0 Å². The molecule has 1 aromatic carbocycles. The zero-order chi connectivity index (χ0) is 15.9. The van der Waals surface area contributed by atoms with Gasteiger partial charge in [0, 0.05) is 17.6 Å². The first-order valence-corrected chi connectivity index (χ1v) is 6.95. The van der Waals surface area contributed by atoms with E-state index in [2.05, 4.69) is 0 Å². The highest BCUT2D eigenvalue weighted by molar-refractivity contribution is 5.78. The number of benzene rings is 1. The molecule has 1 aliphatic rings. The third-order valence-electron chi connectivity index (χ3n) is 3.98. The molecule has 0 aliphatic carbocycles. The van der Waals surface area contributed by atoms with Gasteiger partial charge in [0.05, 0.1) is 12.1 Å². The topological polar surface area (TPSA) is 112 Å². The molecular formula is C15H17NO6. The lowest BCUT2D eigenvalue weighted by Crippen LogP contribution is -2.56. The normalized spacial score (nSPS) is 32.3. The number of para-hydroxylation sites is 1. The average molecular weight is 307 g/mol. The predicted octanol–water partition coefficient (Wildman–Crippen LogP) is -1.03. The Morgan fingerprint density at radius 2 is 1.77 bits per heavy atom. The number of hydrogen-bond donors (Lipinski definition) is 4. The Hall–Kier alpha value is -1.77. The van der Waals surface area contributed by atoms with Gasteiger partial charge >= 0.3 is 0 Å². The molecule has 0 spiro atoms. The fraction of sp³-hybridized carbons (Fsp3) is 0.400. The number of aliphatic hydroxyl groups excluding tert-OH is 4. The van der Waals surface area contributed by atoms with Crippen molar-refractivity contribution in [1.82, 2.24) is 4.57 Å². The van der Waals surface area contributed by atoms with Gasteiger partial charge in [-0.2, -0.15) is 0 Å². The number of rotatable bonds is 2. The molecule has 0 amide bonds. The number of hydrogen-bond acceptors (Lipinski definition) is 6.